The highest BCUT2D eigenvalue weighted by atomic mass is 32.2. The van der Waals surface area contributed by atoms with Gasteiger partial charge in [-0.2, -0.15) is 13.7 Å². The number of benzene rings is 2. The quantitative estimate of drug-likeness (QED) is 0.392. The lowest BCUT2D eigenvalue weighted by Gasteiger charge is -2.14. The number of nitriles is 1. The van der Waals surface area contributed by atoms with Gasteiger partial charge in [0, 0.05) is 11.3 Å². The van der Waals surface area contributed by atoms with Gasteiger partial charge in [0.2, 0.25) is 0 Å². The Balaban J connectivity index is 1.65. The number of carbonyl (C=O) groups is 2. The highest BCUT2D eigenvalue weighted by Gasteiger charge is 2.33. The molecule has 0 radical (unpaired) electrons. The van der Waals surface area contributed by atoms with Crippen LogP contribution in [0.2, 0.25) is 0 Å². The number of ether oxygens (including phenoxy) is 1. The molecule has 1 atom stereocenters. The first-order valence-corrected chi connectivity index (χ1v) is 10.8. The molecule has 10 nitrogen and oxygen atoms in total. The van der Waals surface area contributed by atoms with Crippen molar-refractivity contribution >= 4 is 33.6 Å². The van der Waals surface area contributed by atoms with E-state index in [0.717, 1.165) is 6.26 Å². The Bertz CT molecular complexity index is 1170. The Morgan fingerprint density at radius 2 is 1.97 bits per heavy atom. The number of carbonyl (C=O) groups excluding carboxylic acids is 2. The average molecular weight is 442 g/mol. The summed E-state index contributed by atoms with van der Waals surface area (Å²) in [7, 11) is -3.65. The van der Waals surface area contributed by atoms with Crippen molar-refractivity contribution in [1.29, 1.82) is 10.7 Å². The number of rotatable bonds is 6. The van der Waals surface area contributed by atoms with Crippen molar-refractivity contribution in [2.45, 2.75) is 6.10 Å². The van der Waals surface area contributed by atoms with Crippen LogP contribution in [0.15, 0.2) is 48.5 Å². The third-order valence-corrected chi connectivity index (χ3v) is 4.90. The smallest absolute Gasteiger partial charge is 0.414 e. The van der Waals surface area contributed by atoms with Crippen molar-refractivity contribution in [2.24, 2.45) is 0 Å². The van der Waals surface area contributed by atoms with Crippen molar-refractivity contribution in [3.63, 3.8) is 0 Å². The van der Waals surface area contributed by atoms with Gasteiger partial charge in [-0.1, -0.05) is 12.1 Å². The summed E-state index contributed by atoms with van der Waals surface area (Å²) in [6.45, 7) is -0.174. The second-order valence-electron chi connectivity index (χ2n) is 6.64. The van der Waals surface area contributed by atoms with Gasteiger partial charge in [0.1, 0.15) is 18.5 Å². The van der Waals surface area contributed by atoms with Gasteiger partial charge in [0.15, 0.2) is 0 Å². The summed E-state index contributed by atoms with van der Waals surface area (Å²) in [6, 6.07) is 14.4. The van der Waals surface area contributed by atoms with Crippen LogP contribution in [0, 0.1) is 16.7 Å². The van der Waals surface area contributed by atoms with E-state index in [1.807, 2.05) is 6.07 Å². The summed E-state index contributed by atoms with van der Waals surface area (Å²) in [6.07, 6.45) is -0.474. The van der Waals surface area contributed by atoms with Crippen molar-refractivity contribution in [2.75, 3.05) is 24.3 Å². The van der Waals surface area contributed by atoms with E-state index in [1.54, 1.807) is 36.4 Å². The van der Waals surface area contributed by atoms with Gasteiger partial charge in [-0.15, -0.1) is 0 Å². The van der Waals surface area contributed by atoms with Gasteiger partial charge in [-0.25, -0.2) is 4.79 Å². The van der Waals surface area contributed by atoms with Crippen molar-refractivity contribution < 1.29 is 26.9 Å². The van der Waals surface area contributed by atoms with E-state index in [4.69, 9.17) is 15.4 Å². The van der Waals surface area contributed by atoms with Gasteiger partial charge >= 0.3 is 6.09 Å². The molecule has 1 heterocycles. The minimum absolute atomic E-state index is 0.104. The standard InChI is InChI=1S/C20H18N4O6S/c1-31(27,28)29-12-16-11-24(20(26)30-16)15-8-6-13(7-9-15)18(22)23-19(25)17-5-3-2-4-14(17)10-21/h2-9,16H,11-12H2,1H3,(H2,22,23,25). The normalized spacial score (nSPS) is 15.8. The first-order chi connectivity index (χ1) is 14.7. The van der Waals surface area contributed by atoms with Crippen LogP contribution in [0.25, 0.3) is 0 Å². The summed E-state index contributed by atoms with van der Waals surface area (Å²) >= 11 is 0. The number of nitrogens with one attached hydrogen (secondary N) is 2. The Hall–Kier alpha value is -3.75. The molecule has 3 rings (SSSR count). The summed E-state index contributed by atoms with van der Waals surface area (Å²) in [5, 5.41) is 19.6. The third-order valence-electron chi connectivity index (χ3n) is 4.34. The Morgan fingerprint density at radius 3 is 2.61 bits per heavy atom. The molecule has 160 valence electrons. The molecule has 1 unspecified atom stereocenters. The average Bonchev–Trinajstić information content (AvgIpc) is 3.12. The van der Waals surface area contributed by atoms with E-state index in [0.29, 0.717) is 11.3 Å². The van der Waals surface area contributed by atoms with Crippen LogP contribution in [0.3, 0.4) is 0 Å². The monoisotopic (exact) mass is 442 g/mol. The molecule has 2 aromatic rings. The maximum atomic E-state index is 12.4. The lowest BCUT2D eigenvalue weighted by Crippen LogP contribution is -2.31. The summed E-state index contributed by atoms with van der Waals surface area (Å²) in [5.41, 5.74) is 1.22. The molecule has 2 aromatic carbocycles. The SMILES string of the molecule is CS(=O)(=O)OCC1CN(c2ccc(C(=N)NC(=O)c3ccccc3C#N)cc2)C(=O)O1. The topological polar surface area (TPSA) is 150 Å². The largest absolute Gasteiger partial charge is 0.441 e. The van der Waals surface area contributed by atoms with Crippen LogP contribution in [-0.2, 0) is 19.0 Å². The molecular weight excluding hydrogens is 424 g/mol. The van der Waals surface area contributed by atoms with E-state index >= 15 is 0 Å². The second-order valence-corrected chi connectivity index (χ2v) is 8.28. The fraction of sp³-hybridized carbons (Fsp3) is 0.200. The predicted molar refractivity (Wildman–Crippen MR) is 110 cm³/mol. The number of amides is 2. The molecule has 0 aliphatic carbocycles. The van der Waals surface area contributed by atoms with Crippen LogP contribution in [0.5, 0.6) is 0 Å². The molecule has 2 N–H and O–H groups in total. The van der Waals surface area contributed by atoms with E-state index < -0.39 is 28.2 Å². The second kappa shape index (κ2) is 8.95. The van der Waals surface area contributed by atoms with Crippen molar-refractivity contribution in [3.05, 3.63) is 65.2 Å². The zero-order valence-electron chi connectivity index (χ0n) is 16.4. The van der Waals surface area contributed by atoms with Crippen LogP contribution in [0.1, 0.15) is 21.5 Å². The summed E-state index contributed by atoms with van der Waals surface area (Å²) in [4.78, 5) is 25.7. The van der Waals surface area contributed by atoms with Gasteiger partial charge in [-0.3, -0.25) is 19.3 Å². The van der Waals surface area contributed by atoms with Gasteiger partial charge in [-0.05, 0) is 36.4 Å². The summed E-state index contributed by atoms with van der Waals surface area (Å²) in [5.74, 6) is -0.754. The first-order valence-electron chi connectivity index (χ1n) is 9.00. The lowest BCUT2D eigenvalue weighted by molar-refractivity contribution is 0.0976. The molecule has 1 aliphatic heterocycles. The molecule has 0 spiro atoms. The number of nitrogens with zero attached hydrogens (tertiary/aromatic N) is 2. The molecule has 1 saturated heterocycles. The maximum Gasteiger partial charge on any atom is 0.414 e. The van der Waals surface area contributed by atoms with E-state index in [-0.39, 0.29) is 30.1 Å². The third kappa shape index (κ3) is 5.44. The molecule has 2 amide bonds. The van der Waals surface area contributed by atoms with Crippen LogP contribution < -0.4 is 10.2 Å². The van der Waals surface area contributed by atoms with Crippen LogP contribution >= 0.6 is 0 Å². The van der Waals surface area contributed by atoms with Crippen LogP contribution in [-0.4, -0.2) is 51.8 Å². The molecule has 1 fully saturated rings. The predicted octanol–water partition coefficient (Wildman–Crippen LogP) is 1.62. The Kier molecular flexibility index (Phi) is 6.33. The molecule has 0 saturated carbocycles. The van der Waals surface area contributed by atoms with E-state index in [9.17, 15) is 18.0 Å². The first kappa shape index (κ1) is 21.9. The summed E-state index contributed by atoms with van der Waals surface area (Å²) < 4.78 is 31.9. The van der Waals surface area contributed by atoms with Gasteiger partial charge in [0.05, 0.1) is 30.0 Å². The van der Waals surface area contributed by atoms with E-state index in [2.05, 4.69) is 9.50 Å². The fourth-order valence-electron chi connectivity index (χ4n) is 2.86. The van der Waals surface area contributed by atoms with E-state index in [1.165, 1.54) is 17.0 Å². The number of cyclic esters (lactones) is 1. The lowest BCUT2D eigenvalue weighted by atomic mass is 10.1. The Labute approximate surface area is 178 Å². The molecule has 0 bridgehead atoms. The van der Waals surface area contributed by atoms with Gasteiger partial charge < -0.3 is 10.1 Å². The minimum Gasteiger partial charge on any atom is -0.441 e. The molecular formula is C20H18N4O6S. The zero-order valence-corrected chi connectivity index (χ0v) is 17.2. The van der Waals surface area contributed by atoms with Gasteiger partial charge in [0.25, 0.3) is 16.0 Å². The fourth-order valence-corrected chi connectivity index (χ4v) is 3.26. The Morgan fingerprint density at radius 1 is 1.29 bits per heavy atom. The highest BCUT2D eigenvalue weighted by Crippen LogP contribution is 2.22. The van der Waals surface area contributed by atoms with Crippen LogP contribution in [0.4, 0.5) is 10.5 Å². The number of anilines is 1. The molecule has 1 aliphatic rings. The number of hydrogen-bond acceptors (Lipinski definition) is 8. The molecule has 11 heteroatoms. The zero-order chi connectivity index (χ0) is 22.6. The minimum atomic E-state index is -3.65. The highest BCUT2D eigenvalue weighted by molar-refractivity contribution is 7.85. The number of amidine groups is 1. The molecule has 0 aromatic heterocycles. The molecule has 31 heavy (non-hydrogen) atoms. The number of hydrogen-bond donors (Lipinski definition) is 2. The van der Waals surface area contributed by atoms with Crippen molar-refractivity contribution in [1.82, 2.24) is 5.32 Å². The maximum absolute atomic E-state index is 12.4. The van der Waals surface area contributed by atoms with Crippen molar-refractivity contribution in [3.8, 4) is 6.07 Å².